The van der Waals surface area contributed by atoms with Crippen molar-refractivity contribution in [3.05, 3.63) is 35.9 Å². The fraction of sp³-hybridized carbons (Fsp3) is 0.611. The molecule has 1 aromatic rings. The summed E-state index contributed by atoms with van der Waals surface area (Å²) >= 11 is 0. The number of amides is 2. The van der Waals surface area contributed by atoms with Gasteiger partial charge in [-0.25, -0.2) is 4.79 Å². The van der Waals surface area contributed by atoms with Crippen molar-refractivity contribution in [2.24, 2.45) is 5.92 Å². The molecular weight excluding hydrogens is 290 g/mol. The van der Waals surface area contributed by atoms with E-state index in [1.807, 2.05) is 6.07 Å². The molecular formula is C18H27N3O2. The molecule has 3 rings (SSSR count). The Hall–Kier alpha value is -1.59. The van der Waals surface area contributed by atoms with Crippen LogP contribution in [0.4, 0.5) is 4.79 Å². The van der Waals surface area contributed by atoms with Crippen LogP contribution in [0.2, 0.25) is 0 Å². The van der Waals surface area contributed by atoms with Crippen LogP contribution < -0.4 is 10.6 Å². The van der Waals surface area contributed by atoms with Crippen LogP contribution in [0.3, 0.4) is 0 Å². The van der Waals surface area contributed by atoms with Gasteiger partial charge in [-0.3, -0.25) is 4.90 Å². The van der Waals surface area contributed by atoms with Crippen molar-refractivity contribution in [1.29, 1.82) is 0 Å². The highest BCUT2D eigenvalue weighted by Gasteiger charge is 2.32. The van der Waals surface area contributed by atoms with Crippen molar-refractivity contribution in [2.75, 3.05) is 39.4 Å². The number of hydrogen-bond acceptors (Lipinski definition) is 3. The number of urea groups is 1. The van der Waals surface area contributed by atoms with Gasteiger partial charge in [-0.1, -0.05) is 30.3 Å². The maximum atomic E-state index is 12.2. The Kier molecular flexibility index (Phi) is 5.88. The quantitative estimate of drug-likeness (QED) is 0.804. The van der Waals surface area contributed by atoms with Crippen molar-refractivity contribution in [1.82, 2.24) is 15.5 Å². The van der Waals surface area contributed by atoms with Gasteiger partial charge in [0, 0.05) is 32.2 Å². The Morgan fingerprint density at radius 1 is 1.22 bits per heavy atom. The van der Waals surface area contributed by atoms with E-state index in [2.05, 4.69) is 39.8 Å². The fourth-order valence-corrected chi connectivity index (χ4v) is 3.07. The second kappa shape index (κ2) is 8.31. The van der Waals surface area contributed by atoms with E-state index in [1.54, 1.807) is 0 Å². The average Bonchev–Trinajstić information content (AvgIpc) is 3.41. The molecule has 0 unspecified atom stereocenters. The summed E-state index contributed by atoms with van der Waals surface area (Å²) in [6.07, 6.45) is 3.37. The molecule has 23 heavy (non-hydrogen) atoms. The summed E-state index contributed by atoms with van der Waals surface area (Å²) in [5.74, 6) is 0.639. The molecule has 0 bridgehead atoms. The number of ether oxygens (including phenoxy) is 1. The van der Waals surface area contributed by atoms with Crippen molar-refractivity contribution in [2.45, 2.75) is 25.3 Å². The predicted molar refractivity (Wildman–Crippen MR) is 90.5 cm³/mol. The van der Waals surface area contributed by atoms with E-state index >= 15 is 0 Å². The Morgan fingerprint density at radius 2 is 1.96 bits per heavy atom. The molecule has 126 valence electrons. The van der Waals surface area contributed by atoms with Gasteiger partial charge in [0.05, 0.1) is 13.2 Å². The molecule has 0 aromatic heterocycles. The molecule has 1 aliphatic heterocycles. The lowest BCUT2D eigenvalue weighted by Crippen LogP contribution is -2.47. The highest BCUT2D eigenvalue weighted by Crippen LogP contribution is 2.34. The largest absolute Gasteiger partial charge is 0.379 e. The predicted octanol–water partition coefficient (Wildman–Crippen LogP) is 1.64. The number of carbonyl (C=O) groups excluding carboxylic acids is 1. The minimum absolute atomic E-state index is 0.0360. The van der Waals surface area contributed by atoms with Crippen LogP contribution >= 0.6 is 0 Å². The number of rotatable bonds is 7. The van der Waals surface area contributed by atoms with Crippen LogP contribution in [-0.2, 0) is 11.2 Å². The molecule has 0 spiro atoms. The Bertz CT molecular complexity index is 484. The van der Waals surface area contributed by atoms with Crippen molar-refractivity contribution >= 4 is 6.03 Å². The first-order chi connectivity index (χ1) is 11.3. The molecule has 1 saturated carbocycles. The first-order valence-corrected chi connectivity index (χ1v) is 8.69. The third kappa shape index (κ3) is 5.52. The first kappa shape index (κ1) is 16.3. The van der Waals surface area contributed by atoms with E-state index in [4.69, 9.17) is 4.74 Å². The van der Waals surface area contributed by atoms with Crippen molar-refractivity contribution in [3.63, 3.8) is 0 Å². The lowest BCUT2D eigenvalue weighted by Gasteiger charge is -2.26. The summed E-state index contributed by atoms with van der Waals surface area (Å²) in [6.45, 7) is 5.10. The summed E-state index contributed by atoms with van der Waals surface area (Å²) < 4.78 is 5.33. The summed E-state index contributed by atoms with van der Waals surface area (Å²) in [5.41, 5.74) is 1.29. The molecule has 1 heterocycles. The molecule has 2 amide bonds. The molecule has 1 saturated heterocycles. The Balaban J connectivity index is 1.39. The van der Waals surface area contributed by atoms with Gasteiger partial charge in [-0.15, -0.1) is 0 Å². The highest BCUT2D eigenvalue weighted by atomic mass is 16.5. The van der Waals surface area contributed by atoms with Gasteiger partial charge < -0.3 is 15.4 Å². The van der Waals surface area contributed by atoms with E-state index in [0.717, 1.165) is 39.3 Å². The van der Waals surface area contributed by atoms with Crippen molar-refractivity contribution < 1.29 is 9.53 Å². The van der Waals surface area contributed by atoms with Gasteiger partial charge in [0.1, 0.15) is 0 Å². The summed E-state index contributed by atoms with van der Waals surface area (Å²) in [6, 6.07) is 10.6. The zero-order chi connectivity index (χ0) is 15.9. The maximum Gasteiger partial charge on any atom is 0.315 e. The number of nitrogens with zero attached hydrogens (tertiary/aromatic N) is 1. The molecule has 1 aliphatic carbocycles. The Labute approximate surface area is 138 Å². The number of nitrogens with one attached hydrogen (secondary N) is 2. The van der Waals surface area contributed by atoms with Crippen LogP contribution in [0, 0.1) is 5.92 Å². The third-order valence-electron chi connectivity index (χ3n) is 4.62. The van der Waals surface area contributed by atoms with E-state index in [-0.39, 0.29) is 12.1 Å². The maximum absolute atomic E-state index is 12.2. The molecule has 5 heteroatoms. The van der Waals surface area contributed by atoms with Crippen LogP contribution in [0.15, 0.2) is 30.3 Å². The summed E-state index contributed by atoms with van der Waals surface area (Å²) in [4.78, 5) is 14.5. The second-order valence-corrected chi connectivity index (χ2v) is 6.49. The number of carbonyl (C=O) groups is 1. The lowest BCUT2D eigenvalue weighted by atomic mass is 10.0. The summed E-state index contributed by atoms with van der Waals surface area (Å²) in [5, 5.41) is 6.17. The molecule has 1 aromatic carbocycles. The van der Waals surface area contributed by atoms with Crippen LogP contribution in [0.25, 0.3) is 0 Å². The SMILES string of the molecule is O=C(NCCN1CCOCC1)N[C@H](Cc1ccccc1)C1CC1. The van der Waals surface area contributed by atoms with Gasteiger partial charge in [0.15, 0.2) is 0 Å². The van der Waals surface area contributed by atoms with Gasteiger partial charge in [0.2, 0.25) is 0 Å². The van der Waals surface area contributed by atoms with Gasteiger partial charge in [-0.2, -0.15) is 0 Å². The van der Waals surface area contributed by atoms with E-state index in [1.165, 1.54) is 18.4 Å². The van der Waals surface area contributed by atoms with Crippen molar-refractivity contribution in [3.8, 4) is 0 Å². The van der Waals surface area contributed by atoms with E-state index < -0.39 is 0 Å². The van der Waals surface area contributed by atoms with Gasteiger partial charge in [0.25, 0.3) is 0 Å². The lowest BCUT2D eigenvalue weighted by molar-refractivity contribution is 0.0387. The topological polar surface area (TPSA) is 53.6 Å². The minimum Gasteiger partial charge on any atom is -0.379 e. The zero-order valence-electron chi connectivity index (χ0n) is 13.7. The number of morpholine rings is 1. The van der Waals surface area contributed by atoms with Gasteiger partial charge >= 0.3 is 6.03 Å². The third-order valence-corrected chi connectivity index (χ3v) is 4.62. The number of hydrogen-bond donors (Lipinski definition) is 2. The second-order valence-electron chi connectivity index (χ2n) is 6.49. The van der Waals surface area contributed by atoms with Crippen LogP contribution in [0.1, 0.15) is 18.4 Å². The van der Waals surface area contributed by atoms with E-state index in [9.17, 15) is 4.79 Å². The smallest absolute Gasteiger partial charge is 0.315 e. The molecule has 0 radical (unpaired) electrons. The molecule has 2 N–H and O–H groups in total. The molecule has 5 nitrogen and oxygen atoms in total. The fourth-order valence-electron chi connectivity index (χ4n) is 3.07. The normalized spacial score (nSPS) is 20.0. The summed E-state index contributed by atoms with van der Waals surface area (Å²) in [7, 11) is 0. The van der Waals surface area contributed by atoms with Crippen LogP contribution in [-0.4, -0.2) is 56.4 Å². The van der Waals surface area contributed by atoms with E-state index in [0.29, 0.717) is 12.5 Å². The molecule has 1 atom stereocenters. The first-order valence-electron chi connectivity index (χ1n) is 8.69. The monoisotopic (exact) mass is 317 g/mol. The highest BCUT2D eigenvalue weighted by molar-refractivity contribution is 5.74. The zero-order valence-corrected chi connectivity index (χ0v) is 13.7. The van der Waals surface area contributed by atoms with Crippen LogP contribution in [0.5, 0.6) is 0 Å². The number of benzene rings is 1. The average molecular weight is 317 g/mol. The molecule has 2 fully saturated rings. The van der Waals surface area contributed by atoms with Gasteiger partial charge in [-0.05, 0) is 30.7 Å². The Morgan fingerprint density at radius 3 is 2.65 bits per heavy atom. The minimum atomic E-state index is -0.0360. The standard InChI is InChI=1S/C18H27N3O2/c22-18(19-8-9-21-10-12-23-13-11-21)20-17(16-6-7-16)14-15-4-2-1-3-5-15/h1-5,16-17H,6-14H2,(H2,19,20,22)/t17-/m1/s1. The molecule has 2 aliphatic rings.